The lowest BCUT2D eigenvalue weighted by Crippen LogP contribution is -2.45. The molecule has 4 nitrogen and oxygen atoms in total. The highest BCUT2D eigenvalue weighted by Gasteiger charge is 2.21. The van der Waals surface area contributed by atoms with Gasteiger partial charge in [-0.3, -0.25) is 9.69 Å². The number of carbonyl (C=O) groups excluding carboxylic acids is 1. The Morgan fingerprint density at radius 1 is 1.37 bits per heavy atom. The summed E-state index contributed by atoms with van der Waals surface area (Å²) < 4.78 is 0. The van der Waals surface area contributed by atoms with E-state index in [1.165, 1.54) is 12.8 Å². The van der Waals surface area contributed by atoms with Crippen molar-refractivity contribution in [2.45, 2.75) is 39.2 Å². The Labute approximate surface area is 117 Å². The molecule has 1 saturated heterocycles. The van der Waals surface area contributed by atoms with Gasteiger partial charge < -0.3 is 10.6 Å². The Morgan fingerprint density at radius 3 is 2.53 bits per heavy atom. The zero-order chi connectivity index (χ0) is 14.3. The lowest BCUT2D eigenvalue weighted by Gasteiger charge is -2.33. The molecule has 19 heavy (non-hydrogen) atoms. The predicted octanol–water partition coefficient (Wildman–Crippen LogP) is 1.39. The van der Waals surface area contributed by atoms with E-state index in [0.29, 0.717) is 13.1 Å². The molecule has 1 amide bonds. The maximum Gasteiger partial charge on any atom is 0.234 e. The molecular weight excluding hydrogens is 238 g/mol. The van der Waals surface area contributed by atoms with E-state index in [1.54, 1.807) is 6.08 Å². The number of amides is 1. The van der Waals surface area contributed by atoms with E-state index >= 15 is 0 Å². The average molecular weight is 267 g/mol. The first-order valence-electron chi connectivity index (χ1n) is 7.25. The van der Waals surface area contributed by atoms with Crippen molar-refractivity contribution in [3.63, 3.8) is 0 Å². The van der Waals surface area contributed by atoms with Crippen LogP contribution in [-0.2, 0) is 4.79 Å². The van der Waals surface area contributed by atoms with Crippen molar-refractivity contribution in [3.05, 3.63) is 12.7 Å². The molecule has 0 bridgehead atoms. The highest BCUT2D eigenvalue weighted by molar-refractivity contribution is 5.78. The fraction of sp³-hybridized carbons (Fsp3) is 0.800. The van der Waals surface area contributed by atoms with Crippen LogP contribution in [0.1, 0.15) is 33.6 Å². The minimum Gasteiger partial charge on any atom is -0.352 e. The predicted molar refractivity (Wildman–Crippen MR) is 80.1 cm³/mol. The molecule has 110 valence electrons. The summed E-state index contributed by atoms with van der Waals surface area (Å²) in [5, 5.41) is 6.39. The summed E-state index contributed by atoms with van der Waals surface area (Å²) in [7, 11) is 0. The van der Waals surface area contributed by atoms with Gasteiger partial charge in [-0.05, 0) is 59.2 Å². The fourth-order valence-electron chi connectivity index (χ4n) is 2.24. The van der Waals surface area contributed by atoms with Crippen LogP contribution in [0, 0.1) is 5.92 Å². The van der Waals surface area contributed by atoms with Gasteiger partial charge in [0.1, 0.15) is 0 Å². The highest BCUT2D eigenvalue weighted by Crippen LogP contribution is 2.17. The monoisotopic (exact) mass is 267 g/mol. The minimum atomic E-state index is 0.103. The molecule has 1 rings (SSSR count). The van der Waals surface area contributed by atoms with Gasteiger partial charge in [0.15, 0.2) is 0 Å². The average Bonchev–Trinajstić information content (AvgIpc) is 2.34. The van der Waals surface area contributed by atoms with E-state index in [1.807, 2.05) is 0 Å². The first-order chi connectivity index (χ1) is 8.90. The number of rotatable bonds is 6. The first kappa shape index (κ1) is 16.2. The van der Waals surface area contributed by atoms with Crippen LogP contribution in [0.5, 0.6) is 0 Å². The summed E-state index contributed by atoms with van der Waals surface area (Å²) in [4.78, 5) is 13.8. The Balaban J connectivity index is 2.18. The molecule has 1 aliphatic heterocycles. The second-order valence-electron chi connectivity index (χ2n) is 6.44. The van der Waals surface area contributed by atoms with Crippen LogP contribution in [0.3, 0.4) is 0 Å². The Hall–Kier alpha value is -0.870. The summed E-state index contributed by atoms with van der Waals surface area (Å²) in [6.07, 6.45) is 4.07. The largest absolute Gasteiger partial charge is 0.352 e. The van der Waals surface area contributed by atoms with Gasteiger partial charge in [0, 0.05) is 12.1 Å². The molecule has 0 atom stereocenters. The highest BCUT2D eigenvalue weighted by atomic mass is 16.2. The van der Waals surface area contributed by atoms with Gasteiger partial charge >= 0.3 is 0 Å². The number of hydrogen-bond acceptors (Lipinski definition) is 3. The second kappa shape index (κ2) is 7.65. The van der Waals surface area contributed by atoms with Crippen LogP contribution in [0.2, 0.25) is 0 Å². The van der Waals surface area contributed by atoms with Crippen molar-refractivity contribution in [1.29, 1.82) is 0 Å². The zero-order valence-corrected chi connectivity index (χ0v) is 12.7. The number of likely N-dealkylation sites (tertiary alicyclic amines) is 1. The summed E-state index contributed by atoms with van der Waals surface area (Å²) in [5.74, 6) is 0.845. The van der Waals surface area contributed by atoms with E-state index in [0.717, 1.165) is 25.6 Å². The van der Waals surface area contributed by atoms with Crippen LogP contribution < -0.4 is 10.6 Å². The maximum absolute atomic E-state index is 11.6. The maximum atomic E-state index is 11.6. The number of carbonyl (C=O) groups is 1. The molecule has 2 N–H and O–H groups in total. The standard InChI is InChI=1S/C15H29N3O/c1-5-8-16-14(19)12-18-9-6-13(7-10-18)11-17-15(2,3)4/h5,13,17H,1,6-12H2,2-4H3,(H,16,19). The second-order valence-corrected chi connectivity index (χ2v) is 6.44. The molecule has 4 heteroatoms. The summed E-state index contributed by atoms with van der Waals surface area (Å²) in [6.45, 7) is 14.4. The van der Waals surface area contributed by atoms with Gasteiger partial charge in [0.25, 0.3) is 0 Å². The van der Waals surface area contributed by atoms with Crippen LogP contribution in [0.4, 0.5) is 0 Å². The lowest BCUT2D eigenvalue weighted by atomic mass is 9.95. The molecular formula is C15H29N3O. The Kier molecular flexibility index (Phi) is 6.52. The Bertz CT molecular complexity index is 288. The third kappa shape index (κ3) is 7.33. The number of piperidine rings is 1. The molecule has 0 aromatic carbocycles. The summed E-state index contributed by atoms with van der Waals surface area (Å²) in [6, 6.07) is 0. The van der Waals surface area contributed by atoms with E-state index in [4.69, 9.17) is 0 Å². The molecule has 0 radical (unpaired) electrons. The van der Waals surface area contributed by atoms with E-state index in [9.17, 15) is 4.79 Å². The SMILES string of the molecule is C=CCNC(=O)CN1CCC(CNC(C)(C)C)CC1. The van der Waals surface area contributed by atoms with Crippen LogP contribution in [0.15, 0.2) is 12.7 Å². The fourth-order valence-corrected chi connectivity index (χ4v) is 2.24. The van der Waals surface area contributed by atoms with Gasteiger partial charge in [0.2, 0.25) is 5.91 Å². The molecule has 0 aliphatic carbocycles. The molecule has 1 heterocycles. The van der Waals surface area contributed by atoms with Gasteiger partial charge in [-0.2, -0.15) is 0 Å². The van der Waals surface area contributed by atoms with Crippen molar-refractivity contribution in [1.82, 2.24) is 15.5 Å². The van der Waals surface area contributed by atoms with Crippen molar-refractivity contribution < 1.29 is 4.79 Å². The van der Waals surface area contributed by atoms with Crippen molar-refractivity contribution in [3.8, 4) is 0 Å². The molecule has 0 aromatic heterocycles. The topological polar surface area (TPSA) is 44.4 Å². The molecule has 0 saturated carbocycles. The minimum absolute atomic E-state index is 0.103. The van der Waals surface area contributed by atoms with E-state index in [2.05, 4.69) is 42.9 Å². The summed E-state index contributed by atoms with van der Waals surface area (Å²) in [5.41, 5.74) is 0.196. The van der Waals surface area contributed by atoms with E-state index in [-0.39, 0.29) is 11.4 Å². The third-order valence-corrected chi connectivity index (χ3v) is 3.44. The Morgan fingerprint density at radius 2 is 2.00 bits per heavy atom. The molecule has 1 aliphatic rings. The van der Waals surface area contributed by atoms with Crippen molar-refractivity contribution >= 4 is 5.91 Å². The van der Waals surface area contributed by atoms with Gasteiger partial charge in [-0.25, -0.2) is 0 Å². The van der Waals surface area contributed by atoms with Gasteiger partial charge in [0.05, 0.1) is 6.54 Å². The van der Waals surface area contributed by atoms with E-state index < -0.39 is 0 Å². The third-order valence-electron chi connectivity index (χ3n) is 3.44. The molecule has 0 aromatic rings. The van der Waals surface area contributed by atoms with Crippen LogP contribution in [-0.4, -0.2) is 49.1 Å². The van der Waals surface area contributed by atoms with Crippen molar-refractivity contribution in [2.24, 2.45) is 5.92 Å². The number of nitrogens with one attached hydrogen (secondary N) is 2. The number of nitrogens with zero attached hydrogens (tertiary/aromatic N) is 1. The molecule has 0 unspecified atom stereocenters. The lowest BCUT2D eigenvalue weighted by molar-refractivity contribution is -0.122. The normalized spacial score (nSPS) is 18.3. The smallest absolute Gasteiger partial charge is 0.234 e. The van der Waals surface area contributed by atoms with Gasteiger partial charge in [-0.15, -0.1) is 6.58 Å². The zero-order valence-electron chi connectivity index (χ0n) is 12.7. The number of hydrogen-bond donors (Lipinski definition) is 2. The molecule has 1 fully saturated rings. The van der Waals surface area contributed by atoms with Gasteiger partial charge in [-0.1, -0.05) is 6.08 Å². The summed E-state index contributed by atoms with van der Waals surface area (Å²) >= 11 is 0. The molecule has 0 spiro atoms. The first-order valence-corrected chi connectivity index (χ1v) is 7.25. The van der Waals surface area contributed by atoms with Crippen LogP contribution >= 0.6 is 0 Å². The van der Waals surface area contributed by atoms with Crippen LogP contribution in [0.25, 0.3) is 0 Å². The quantitative estimate of drug-likeness (QED) is 0.715. The van der Waals surface area contributed by atoms with Crippen molar-refractivity contribution in [2.75, 3.05) is 32.7 Å².